The summed E-state index contributed by atoms with van der Waals surface area (Å²) in [6.07, 6.45) is 0.423. The van der Waals surface area contributed by atoms with Crippen LogP contribution in [0, 0.1) is 5.92 Å². The second-order valence-corrected chi connectivity index (χ2v) is 4.10. The fourth-order valence-corrected chi connectivity index (χ4v) is 1.20. The molecule has 16 heavy (non-hydrogen) atoms. The molecule has 0 saturated carbocycles. The Labute approximate surface area is 96.9 Å². The average molecular weight is 230 g/mol. The Morgan fingerprint density at radius 2 is 1.88 bits per heavy atom. The third kappa shape index (κ3) is 7.23. The first kappa shape index (κ1) is 14.9. The van der Waals surface area contributed by atoms with E-state index in [9.17, 15) is 9.59 Å². The van der Waals surface area contributed by atoms with Gasteiger partial charge >= 0.3 is 5.97 Å². The van der Waals surface area contributed by atoms with Crippen molar-refractivity contribution in [2.75, 3.05) is 20.2 Å². The van der Waals surface area contributed by atoms with Gasteiger partial charge in [-0.25, -0.2) is 0 Å². The summed E-state index contributed by atoms with van der Waals surface area (Å²) in [5, 5.41) is 5.84. The van der Waals surface area contributed by atoms with Crippen LogP contribution in [0.3, 0.4) is 0 Å². The van der Waals surface area contributed by atoms with Gasteiger partial charge in [0.05, 0.1) is 13.0 Å². The van der Waals surface area contributed by atoms with E-state index in [4.69, 9.17) is 0 Å². The lowest BCUT2D eigenvalue weighted by Crippen LogP contribution is -2.34. The van der Waals surface area contributed by atoms with Gasteiger partial charge in [-0.05, 0) is 13.8 Å². The smallest absolute Gasteiger partial charge is 0.309 e. The number of hydrogen-bond acceptors (Lipinski definition) is 4. The fourth-order valence-electron chi connectivity index (χ4n) is 1.20. The zero-order chi connectivity index (χ0) is 12.6. The average Bonchev–Trinajstić information content (AvgIpc) is 2.21. The minimum atomic E-state index is -0.237. The molecule has 0 fully saturated rings. The van der Waals surface area contributed by atoms with Crippen LogP contribution in [0.1, 0.15) is 27.2 Å². The number of carbonyl (C=O) groups excluding carboxylic acids is 2. The molecule has 1 atom stereocenters. The van der Waals surface area contributed by atoms with E-state index >= 15 is 0 Å². The number of rotatable bonds is 7. The van der Waals surface area contributed by atoms with Crippen LogP contribution in [0.25, 0.3) is 0 Å². The first-order chi connectivity index (χ1) is 7.47. The SMILES string of the molecule is COC(=O)C(C)CNCCC(=O)NC(C)C. The molecule has 94 valence electrons. The number of esters is 1. The number of hydrogen-bond donors (Lipinski definition) is 2. The summed E-state index contributed by atoms with van der Waals surface area (Å²) in [4.78, 5) is 22.3. The van der Waals surface area contributed by atoms with Crippen molar-refractivity contribution in [3.8, 4) is 0 Å². The molecule has 2 N–H and O–H groups in total. The molecule has 1 unspecified atom stereocenters. The lowest BCUT2D eigenvalue weighted by molar-refractivity contribution is -0.144. The van der Waals surface area contributed by atoms with Crippen LogP contribution in [0.5, 0.6) is 0 Å². The van der Waals surface area contributed by atoms with E-state index in [2.05, 4.69) is 15.4 Å². The number of nitrogens with one attached hydrogen (secondary N) is 2. The molecule has 0 bridgehead atoms. The number of ether oxygens (including phenoxy) is 1. The number of methoxy groups -OCH3 is 1. The van der Waals surface area contributed by atoms with Gasteiger partial charge in [0.2, 0.25) is 5.91 Å². The van der Waals surface area contributed by atoms with E-state index in [0.29, 0.717) is 19.5 Å². The molecule has 0 aromatic carbocycles. The summed E-state index contributed by atoms with van der Waals surface area (Å²) in [6.45, 7) is 6.73. The van der Waals surface area contributed by atoms with Gasteiger partial charge < -0.3 is 15.4 Å². The maximum Gasteiger partial charge on any atom is 0.309 e. The highest BCUT2D eigenvalue weighted by Gasteiger charge is 2.12. The molecule has 0 aliphatic carbocycles. The Balaban J connectivity index is 3.53. The summed E-state index contributed by atoms with van der Waals surface area (Å²) >= 11 is 0. The minimum absolute atomic E-state index is 0.0215. The summed E-state index contributed by atoms with van der Waals surface area (Å²) < 4.78 is 4.58. The van der Waals surface area contributed by atoms with Crippen LogP contribution in [-0.2, 0) is 14.3 Å². The largest absolute Gasteiger partial charge is 0.469 e. The summed E-state index contributed by atoms with van der Waals surface area (Å²) in [5.74, 6) is -0.398. The molecule has 5 heteroatoms. The van der Waals surface area contributed by atoms with E-state index in [1.54, 1.807) is 6.92 Å². The van der Waals surface area contributed by atoms with Gasteiger partial charge in [0.1, 0.15) is 0 Å². The Bertz CT molecular complexity index is 229. The van der Waals surface area contributed by atoms with Crippen LogP contribution in [0.2, 0.25) is 0 Å². The molecule has 1 amide bonds. The van der Waals surface area contributed by atoms with Crippen molar-refractivity contribution in [2.45, 2.75) is 33.2 Å². The lowest BCUT2D eigenvalue weighted by Gasteiger charge is -2.11. The van der Waals surface area contributed by atoms with Gasteiger partial charge in [-0.2, -0.15) is 0 Å². The van der Waals surface area contributed by atoms with Crippen molar-refractivity contribution in [3.63, 3.8) is 0 Å². The zero-order valence-electron chi connectivity index (χ0n) is 10.5. The van der Waals surface area contributed by atoms with E-state index in [-0.39, 0.29) is 23.8 Å². The van der Waals surface area contributed by atoms with Gasteiger partial charge in [-0.1, -0.05) is 6.92 Å². The molecule has 0 aliphatic heterocycles. The fraction of sp³-hybridized carbons (Fsp3) is 0.818. The highest BCUT2D eigenvalue weighted by Crippen LogP contribution is 1.95. The van der Waals surface area contributed by atoms with Crippen molar-refractivity contribution < 1.29 is 14.3 Å². The van der Waals surface area contributed by atoms with Crippen molar-refractivity contribution in [3.05, 3.63) is 0 Å². The Morgan fingerprint density at radius 1 is 1.25 bits per heavy atom. The predicted octanol–water partition coefficient (Wildman–Crippen LogP) is 0.300. The van der Waals surface area contributed by atoms with Gasteiger partial charge in [0, 0.05) is 25.6 Å². The first-order valence-corrected chi connectivity index (χ1v) is 5.55. The third-order valence-corrected chi connectivity index (χ3v) is 2.03. The van der Waals surface area contributed by atoms with Crippen LogP contribution in [0.15, 0.2) is 0 Å². The lowest BCUT2D eigenvalue weighted by atomic mass is 10.2. The normalized spacial score (nSPS) is 12.3. The molecule has 0 aromatic rings. The number of carbonyl (C=O) groups is 2. The molecular weight excluding hydrogens is 208 g/mol. The van der Waals surface area contributed by atoms with E-state index in [1.165, 1.54) is 7.11 Å². The molecule has 0 heterocycles. The minimum Gasteiger partial charge on any atom is -0.469 e. The molecule has 0 saturated heterocycles. The maximum atomic E-state index is 11.2. The summed E-state index contributed by atoms with van der Waals surface area (Å²) in [7, 11) is 1.37. The molecule has 0 rings (SSSR count). The zero-order valence-corrected chi connectivity index (χ0v) is 10.5. The first-order valence-electron chi connectivity index (χ1n) is 5.55. The monoisotopic (exact) mass is 230 g/mol. The molecule has 0 spiro atoms. The van der Waals surface area contributed by atoms with E-state index in [0.717, 1.165) is 0 Å². The van der Waals surface area contributed by atoms with Crippen molar-refractivity contribution in [1.82, 2.24) is 10.6 Å². The van der Waals surface area contributed by atoms with Gasteiger partial charge in [-0.3, -0.25) is 9.59 Å². The predicted molar refractivity (Wildman–Crippen MR) is 61.9 cm³/mol. The van der Waals surface area contributed by atoms with Crippen molar-refractivity contribution in [2.24, 2.45) is 5.92 Å². The maximum absolute atomic E-state index is 11.2. The number of amides is 1. The Kier molecular flexibility index (Phi) is 7.54. The van der Waals surface area contributed by atoms with E-state index < -0.39 is 0 Å². The topological polar surface area (TPSA) is 67.4 Å². The van der Waals surface area contributed by atoms with Crippen LogP contribution < -0.4 is 10.6 Å². The second-order valence-electron chi connectivity index (χ2n) is 4.10. The highest BCUT2D eigenvalue weighted by atomic mass is 16.5. The Morgan fingerprint density at radius 3 is 2.38 bits per heavy atom. The van der Waals surface area contributed by atoms with Gasteiger partial charge in [-0.15, -0.1) is 0 Å². The summed E-state index contributed by atoms with van der Waals surface area (Å²) in [5.41, 5.74) is 0. The highest BCUT2D eigenvalue weighted by molar-refractivity contribution is 5.76. The van der Waals surface area contributed by atoms with Crippen LogP contribution in [-0.4, -0.2) is 38.1 Å². The molecule has 0 aliphatic rings. The standard InChI is InChI=1S/C11H22N2O3/c1-8(2)13-10(14)5-6-12-7-9(3)11(15)16-4/h8-9,12H,5-7H2,1-4H3,(H,13,14). The van der Waals surface area contributed by atoms with E-state index in [1.807, 2.05) is 13.8 Å². The molecular formula is C11H22N2O3. The van der Waals surface area contributed by atoms with Gasteiger partial charge in [0.15, 0.2) is 0 Å². The second kappa shape index (κ2) is 8.10. The van der Waals surface area contributed by atoms with Crippen molar-refractivity contribution >= 4 is 11.9 Å². The van der Waals surface area contributed by atoms with Gasteiger partial charge in [0.25, 0.3) is 0 Å². The Hall–Kier alpha value is -1.10. The molecule has 5 nitrogen and oxygen atoms in total. The quantitative estimate of drug-likeness (QED) is 0.487. The third-order valence-electron chi connectivity index (χ3n) is 2.03. The van der Waals surface area contributed by atoms with Crippen LogP contribution >= 0.6 is 0 Å². The van der Waals surface area contributed by atoms with Crippen molar-refractivity contribution in [1.29, 1.82) is 0 Å². The molecule has 0 aromatic heterocycles. The van der Waals surface area contributed by atoms with Crippen LogP contribution in [0.4, 0.5) is 0 Å². The summed E-state index contributed by atoms with van der Waals surface area (Å²) in [6, 6.07) is 0.168. The molecule has 0 radical (unpaired) electrons.